The summed E-state index contributed by atoms with van der Waals surface area (Å²) in [7, 11) is 0. The van der Waals surface area contributed by atoms with Crippen LogP contribution in [0.4, 0.5) is 0 Å². The Morgan fingerprint density at radius 3 is 2.30 bits per heavy atom. The lowest BCUT2D eigenvalue weighted by atomic mass is 9.53. The van der Waals surface area contributed by atoms with Crippen molar-refractivity contribution in [3.8, 4) is 0 Å². The molecule has 3 nitrogen and oxygen atoms in total. The number of allylic oxidation sites excluding steroid dienone is 2. The topological polar surface area (TPSA) is 40.2 Å². The second-order valence-corrected chi connectivity index (χ2v) is 9.36. The second kappa shape index (κ2) is 6.84. The van der Waals surface area contributed by atoms with E-state index in [1.54, 1.807) is 0 Å². The average Bonchev–Trinajstić information content (AvgIpc) is 3.18. The van der Waals surface area contributed by atoms with Gasteiger partial charge in [-0.2, -0.15) is 0 Å². The molecule has 2 N–H and O–H groups in total. The van der Waals surface area contributed by atoms with Crippen molar-refractivity contribution in [3.05, 3.63) is 46.6 Å². The first-order valence-corrected chi connectivity index (χ1v) is 10.5. The number of hydrogen-bond acceptors (Lipinski definition) is 2. The smallest absolute Gasteiger partial charge is 0.0904 e. The summed E-state index contributed by atoms with van der Waals surface area (Å²) >= 11 is 0. The maximum atomic E-state index is 4.99. The molecule has 0 saturated heterocycles. The van der Waals surface area contributed by atoms with Crippen LogP contribution >= 0.6 is 12.4 Å². The van der Waals surface area contributed by atoms with Crippen molar-refractivity contribution in [2.24, 2.45) is 22.7 Å². The van der Waals surface area contributed by atoms with E-state index in [2.05, 4.69) is 49.5 Å². The molecule has 1 aromatic heterocycles. The van der Waals surface area contributed by atoms with Crippen molar-refractivity contribution >= 4 is 18.1 Å². The number of nitrogens with one attached hydrogen (secondary N) is 2. The minimum atomic E-state index is 0. The number of H-pyrrole nitrogens is 1. The van der Waals surface area contributed by atoms with E-state index in [4.69, 9.17) is 4.99 Å². The largest absolute Gasteiger partial charge is 0.384 e. The molecule has 4 saturated carbocycles. The molecule has 4 heteroatoms. The third-order valence-corrected chi connectivity index (χ3v) is 7.49. The van der Waals surface area contributed by atoms with Gasteiger partial charge in [-0.15, -0.1) is 12.4 Å². The number of hydrogen-bond donors (Lipinski definition) is 2. The molecule has 1 aliphatic heterocycles. The lowest BCUT2D eigenvalue weighted by Gasteiger charge is -2.57. The summed E-state index contributed by atoms with van der Waals surface area (Å²) in [5.74, 6) is 2.92. The molecule has 0 unspecified atom stereocenters. The molecule has 27 heavy (non-hydrogen) atoms. The zero-order valence-corrected chi connectivity index (χ0v) is 17.6. The first-order valence-electron chi connectivity index (χ1n) is 10.5. The number of aryl methyl sites for hydroxylation is 1. The van der Waals surface area contributed by atoms with Gasteiger partial charge in [-0.25, -0.2) is 4.99 Å². The van der Waals surface area contributed by atoms with E-state index in [1.807, 2.05) is 0 Å². The summed E-state index contributed by atoms with van der Waals surface area (Å²) in [6.07, 6.45) is 14.0. The van der Waals surface area contributed by atoms with Crippen LogP contribution in [0.15, 0.2) is 40.3 Å². The summed E-state index contributed by atoms with van der Waals surface area (Å²) in [5.41, 5.74) is 7.70. The Labute approximate surface area is 169 Å². The van der Waals surface area contributed by atoms with Gasteiger partial charge in [0.1, 0.15) is 0 Å². The molecule has 0 spiro atoms. The van der Waals surface area contributed by atoms with Crippen molar-refractivity contribution in [2.45, 2.75) is 71.3 Å². The van der Waals surface area contributed by atoms with E-state index >= 15 is 0 Å². The zero-order valence-electron chi connectivity index (χ0n) is 16.8. The summed E-state index contributed by atoms with van der Waals surface area (Å²) in [4.78, 5) is 8.40. The van der Waals surface area contributed by atoms with Crippen molar-refractivity contribution in [1.29, 1.82) is 0 Å². The third-order valence-electron chi connectivity index (χ3n) is 7.49. The molecule has 6 rings (SSSR count). The highest BCUT2D eigenvalue weighted by molar-refractivity contribution is 6.14. The molecule has 4 bridgehead atoms. The molecule has 0 aromatic carbocycles. The first-order chi connectivity index (χ1) is 12.5. The molecule has 2 heterocycles. The Hall–Kier alpha value is -1.48. The molecular formula is C23H32ClN3. The van der Waals surface area contributed by atoms with Crippen molar-refractivity contribution in [3.63, 3.8) is 0 Å². The first kappa shape index (κ1) is 18.9. The Bertz CT molecular complexity index is 791. The van der Waals surface area contributed by atoms with Gasteiger partial charge in [0.05, 0.1) is 17.1 Å². The molecule has 0 atom stereocenters. The van der Waals surface area contributed by atoms with Crippen LogP contribution in [0, 0.1) is 17.8 Å². The number of rotatable bonds is 4. The number of aliphatic imine (C=N–C) groups is 1. The van der Waals surface area contributed by atoms with E-state index in [1.165, 1.54) is 55.2 Å². The third kappa shape index (κ3) is 3.18. The molecule has 146 valence electrons. The van der Waals surface area contributed by atoms with Crippen LogP contribution in [0.25, 0.3) is 0 Å². The van der Waals surface area contributed by atoms with Gasteiger partial charge in [0.2, 0.25) is 0 Å². The fourth-order valence-corrected chi connectivity index (χ4v) is 6.35. The Balaban J connectivity index is 0.00000180. The molecule has 5 aliphatic rings. The van der Waals surface area contributed by atoms with E-state index in [-0.39, 0.29) is 12.4 Å². The van der Waals surface area contributed by atoms with Crippen LogP contribution in [-0.2, 0) is 6.42 Å². The summed E-state index contributed by atoms with van der Waals surface area (Å²) in [5, 5.41) is 3.90. The lowest BCUT2D eigenvalue weighted by molar-refractivity contribution is -0.0130. The zero-order chi connectivity index (χ0) is 17.9. The van der Waals surface area contributed by atoms with E-state index < -0.39 is 0 Å². The van der Waals surface area contributed by atoms with Gasteiger partial charge >= 0.3 is 0 Å². The monoisotopic (exact) mass is 385 g/mol. The maximum Gasteiger partial charge on any atom is 0.0904 e. The molecule has 0 amide bonds. The fourth-order valence-electron chi connectivity index (χ4n) is 6.35. The van der Waals surface area contributed by atoms with Crippen LogP contribution in [0.2, 0.25) is 0 Å². The standard InChI is InChI=1S/C23H31N3.ClH/c1-4-16-8-20(24-12-16)22-15(3)14(2)21(26-22)13-25-23-9-17-5-18(10-23)7-19(6-17)11-23;/h8,12-13,17-19,24-25H,4-7,9-11H2,1-3H3;1H. The van der Waals surface area contributed by atoms with Crippen LogP contribution in [-0.4, -0.2) is 16.2 Å². The Kier molecular flexibility index (Phi) is 4.78. The van der Waals surface area contributed by atoms with Crippen LogP contribution in [0.3, 0.4) is 0 Å². The van der Waals surface area contributed by atoms with Gasteiger partial charge in [-0.1, -0.05) is 6.92 Å². The van der Waals surface area contributed by atoms with Gasteiger partial charge in [0.25, 0.3) is 0 Å². The van der Waals surface area contributed by atoms with E-state index in [9.17, 15) is 0 Å². The summed E-state index contributed by atoms with van der Waals surface area (Å²) in [6, 6.07) is 2.24. The minimum absolute atomic E-state index is 0. The molecule has 1 aromatic rings. The average molecular weight is 386 g/mol. The number of aromatic amines is 1. The van der Waals surface area contributed by atoms with E-state index in [0.717, 1.165) is 41.3 Å². The summed E-state index contributed by atoms with van der Waals surface area (Å²) in [6.45, 7) is 6.60. The second-order valence-electron chi connectivity index (χ2n) is 9.36. The quantitative estimate of drug-likeness (QED) is 0.701. The normalized spacial score (nSPS) is 35.6. The molecule has 0 radical (unpaired) electrons. The number of aromatic nitrogens is 1. The van der Waals surface area contributed by atoms with Crippen LogP contribution in [0.5, 0.6) is 0 Å². The number of nitrogens with zero attached hydrogens (tertiary/aromatic N) is 1. The predicted molar refractivity (Wildman–Crippen MR) is 114 cm³/mol. The van der Waals surface area contributed by atoms with E-state index in [0.29, 0.717) is 5.54 Å². The highest BCUT2D eigenvalue weighted by atomic mass is 35.5. The SMILES string of the molecule is CCc1c[nH]c(C2=NC(=CNC34CC5CC(CC(C5)C3)C4)C(C)=C2C)c1.Cl. The predicted octanol–water partition coefficient (Wildman–Crippen LogP) is 5.54. The van der Waals surface area contributed by atoms with Crippen LogP contribution < -0.4 is 5.32 Å². The van der Waals surface area contributed by atoms with Gasteiger partial charge in [0.15, 0.2) is 0 Å². The van der Waals surface area contributed by atoms with Crippen molar-refractivity contribution in [1.82, 2.24) is 10.3 Å². The van der Waals surface area contributed by atoms with Crippen molar-refractivity contribution in [2.75, 3.05) is 0 Å². The van der Waals surface area contributed by atoms with Gasteiger partial charge in [-0.3, -0.25) is 0 Å². The van der Waals surface area contributed by atoms with Gasteiger partial charge in [0, 0.05) is 17.9 Å². The highest BCUT2D eigenvalue weighted by Crippen LogP contribution is 2.55. The molecule has 4 fully saturated rings. The maximum absolute atomic E-state index is 4.99. The number of halogens is 1. The highest BCUT2D eigenvalue weighted by Gasteiger charge is 2.50. The van der Waals surface area contributed by atoms with Gasteiger partial charge < -0.3 is 10.3 Å². The van der Waals surface area contributed by atoms with Crippen LogP contribution in [0.1, 0.15) is 70.6 Å². The minimum Gasteiger partial charge on any atom is -0.384 e. The van der Waals surface area contributed by atoms with Crippen molar-refractivity contribution < 1.29 is 0 Å². The lowest BCUT2D eigenvalue weighted by Crippen LogP contribution is -2.57. The molecule has 4 aliphatic carbocycles. The summed E-state index contributed by atoms with van der Waals surface area (Å²) < 4.78 is 0. The van der Waals surface area contributed by atoms with Gasteiger partial charge in [-0.05, 0) is 99.3 Å². The Morgan fingerprint density at radius 1 is 1.11 bits per heavy atom. The molecular weight excluding hydrogens is 354 g/mol. The Morgan fingerprint density at radius 2 is 1.74 bits per heavy atom. The fraction of sp³-hybridized carbons (Fsp3) is 0.609.